The van der Waals surface area contributed by atoms with Gasteiger partial charge in [0.15, 0.2) is 0 Å². The van der Waals surface area contributed by atoms with E-state index < -0.39 is 11.9 Å². The quantitative estimate of drug-likeness (QED) is 0.904. The van der Waals surface area contributed by atoms with Crippen molar-refractivity contribution in [2.24, 2.45) is 11.8 Å². The van der Waals surface area contributed by atoms with Gasteiger partial charge in [0.05, 0.1) is 17.7 Å². The van der Waals surface area contributed by atoms with Gasteiger partial charge in [-0.3, -0.25) is 14.3 Å². The standard InChI is InChI=1S/C17H27N3O3/c1-11(2)7-8-20-13(4)15(9-18-20)16(21)19-10-14(17(22)23)6-5-12(19)3/h9,11-12,14H,5-8,10H2,1-4H3,(H,22,23). The molecule has 2 heterocycles. The summed E-state index contributed by atoms with van der Waals surface area (Å²) in [5.74, 6) is -0.807. The van der Waals surface area contributed by atoms with Crippen LogP contribution in [0.4, 0.5) is 0 Å². The highest BCUT2D eigenvalue weighted by Gasteiger charge is 2.34. The average molecular weight is 321 g/mol. The zero-order valence-corrected chi connectivity index (χ0v) is 14.5. The van der Waals surface area contributed by atoms with E-state index in [-0.39, 0.29) is 18.5 Å². The Morgan fingerprint density at radius 1 is 1.39 bits per heavy atom. The molecule has 1 aromatic rings. The van der Waals surface area contributed by atoms with Crippen LogP contribution in [0.15, 0.2) is 6.20 Å². The molecule has 0 spiro atoms. The molecule has 23 heavy (non-hydrogen) atoms. The lowest BCUT2D eigenvalue weighted by Crippen LogP contribution is -2.47. The van der Waals surface area contributed by atoms with Crippen LogP contribution in [0, 0.1) is 18.8 Å². The molecule has 1 aromatic heterocycles. The highest BCUT2D eigenvalue weighted by atomic mass is 16.4. The Hall–Kier alpha value is -1.85. The number of amides is 1. The number of rotatable bonds is 5. The number of aromatic nitrogens is 2. The van der Waals surface area contributed by atoms with Crippen molar-refractivity contribution in [1.82, 2.24) is 14.7 Å². The van der Waals surface area contributed by atoms with Gasteiger partial charge in [-0.15, -0.1) is 0 Å². The Bertz CT molecular complexity index is 580. The lowest BCUT2D eigenvalue weighted by Gasteiger charge is -2.36. The molecule has 1 fully saturated rings. The van der Waals surface area contributed by atoms with E-state index in [1.54, 1.807) is 11.1 Å². The zero-order chi connectivity index (χ0) is 17.1. The summed E-state index contributed by atoms with van der Waals surface area (Å²) in [5.41, 5.74) is 1.45. The Labute approximate surface area is 137 Å². The minimum atomic E-state index is -0.820. The predicted octanol–water partition coefficient (Wildman–Crippen LogP) is 2.56. The number of aryl methyl sites for hydroxylation is 1. The molecule has 1 aliphatic heterocycles. The molecule has 6 heteroatoms. The Balaban J connectivity index is 2.14. The number of carboxylic acid groups (broad SMARTS) is 1. The van der Waals surface area contributed by atoms with E-state index in [1.165, 1.54) is 0 Å². The number of carbonyl (C=O) groups is 2. The molecule has 0 saturated carbocycles. The topological polar surface area (TPSA) is 75.4 Å². The summed E-state index contributed by atoms with van der Waals surface area (Å²) in [6.45, 7) is 9.28. The van der Waals surface area contributed by atoms with E-state index in [0.29, 0.717) is 17.9 Å². The average Bonchev–Trinajstić information content (AvgIpc) is 2.85. The highest BCUT2D eigenvalue weighted by Crippen LogP contribution is 2.25. The summed E-state index contributed by atoms with van der Waals surface area (Å²) in [6, 6.07) is 0.0662. The lowest BCUT2D eigenvalue weighted by atomic mass is 9.93. The fraction of sp³-hybridized carbons (Fsp3) is 0.706. The van der Waals surface area contributed by atoms with Crippen LogP contribution in [0.1, 0.15) is 56.1 Å². The molecule has 2 unspecified atom stereocenters. The third kappa shape index (κ3) is 3.92. The van der Waals surface area contributed by atoms with Gasteiger partial charge in [0.25, 0.3) is 5.91 Å². The Kier molecular flexibility index (Phi) is 5.44. The van der Waals surface area contributed by atoms with Gasteiger partial charge in [-0.05, 0) is 39.0 Å². The zero-order valence-electron chi connectivity index (χ0n) is 14.5. The number of hydrogen-bond donors (Lipinski definition) is 1. The molecule has 0 bridgehead atoms. The fourth-order valence-electron chi connectivity index (χ4n) is 3.01. The second-order valence-electron chi connectivity index (χ2n) is 6.97. The van der Waals surface area contributed by atoms with Gasteiger partial charge in [0.1, 0.15) is 0 Å². The molecule has 2 atom stereocenters. The lowest BCUT2D eigenvalue weighted by molar-refractivity contribution is -0.143. The maximum Gasteiger partial charge on any atom is 0.308 e. The van der Waals surface area contributed by atoms with Crippen molar-refractivity contribution in [2.45, 2.75) is 59.5 Å². The summed E-state index contributed by atoms with van der Waals surface area (Å²) in [6.07, 6.45) is 3.99. The first kappa shape index (κ1) is 17.5. The molecule has 0 aliphatic carbocycles. The van der Waals surface area contributed by atoms with E-state index in [0.717, 1.165) is 25.1 Å². The predicted molar refractivity (Wildman–Crippen MR) is 87.3 cm³/mol. The molecule has 0 aromatic carbocycles. The van der Waals surface area contributed by atoms with E-state index >= 15 is 0 Å². The summed E-state index contributed by atoms with van der Waals surface area (Å²) < 4.78 is 1.87. The van der Waals surface area contributed by atoms with Crippen molar-refractivity contribution in [1.29, 1.82) is 0 Å². The van der Waals surface area contributed by atoms with Crippen LogP contribution >= 0.6 is 0 Å². The Morgan fingerprint density at radius 3 is 2.70 bits per heavy atom. The van der Waals surface area contributed by atoms with Crippen molar-refractivity contribution in [2.75, 3.05) is 6.54 Å². The monoisotopic (exact) mass is 321 g/mol. The molecule has 0 radical (unpaired) electrons. The number of piperidine rings is 1. The van der Waals surface area contributed by atoms with Gasteiger partial charge in [-0.25, -0.2) is 0 Å². The summed E-state index contributed by atoms with van der Waals surface area (Å²) in [4.78, 5) is 25.8. The molecule has 1 aliphatic rings. The van der Waals surface area contributed by atoms with Crippen LogP contribution in [0.3, 0.4) is 0 Å². The van der Waals surface area contributed by atoms with Gasteiger partial charge < -0.3 is 10.0 Å². The fourth-order valence-corrected chi connectivity index (χ4v) is 3.01. The largest absolute Gasteiger partial charge is 0.481 e. The maximum atomic E-state index is 12.8. The van der Waals surface area contributed by atoms with Crippen molar-refractivity contribution >= 4 is 11.9 Å². The first-order chi connectivity index (χ1) is 10.8. The third-order valence-electron chi connectivity index (χ3n) is 4.74. The molecule has 2 rings (SSSR count). The van der Waals surface area contributed by atoms with E-state index in [9.17, 15) is 14.7 Å². The minimum Gasteiger partial charge on any atom is -0.481 e. The summed E-state index contributed by atoms with van der Waals surface area (Å²) >= 11 is 0. The van der Waals surface area contributed by atoms with Crippen molar-refractivity contribution in [3.05, 3.63) is 17.5 Å². The van der Waals surface area contributed by atoms with Gasteiger partial charge in [-0.2, -0.15) is 5.10 Å². The second-order valence-corrected chi connectivity index (χ2v) is 6.97. The third-order valence-corrected chi connectivity index (χ3v) is 4.74. The number of likely N-dealkylation sites (tertiary alicyclic amines) is 1. The van der Waals surface area contributed by atoms with Crippen LogP contribution in [0.2, 0.25) is 0 Å². The SMILES string of the molecule is Cc1c(C(=O)N2CC(C(=O)O)CCC2C)cnn1CCC(C)C. The maximum absolute atomic E-state index is 12.8. The highest BCUT2D eigenvalue weighted by molar-refractivity contribution is 5.95. The van der Waals surface area contributed by atoms with Gasteiger partial charge >= 0.3 is 5.97 Å². The van der Waals surface area contributed by atoms with E-state index in [1.807, 2.05) is 18.5 Å². The number of nitrogens with zero attached hydrogens (tertiary/aromatic N) is 3. The molecule has 1 amide bonds. The minimum absolute atomic E-state index is 0.0662. The number of aliphatic carboxylic acids is 1. The van der Waals surface area contributed by atoms with Gasteiger partial charge in [-0.1, -0.05) is 13.8 Å². The first-order valence-corrected chi connectivity index (χ1v) is 8.37. The molecule has 1 saturated heterocycles. The molecule has 128 valence electrons. The van der Waals surface area contributed by atoms with Crippen LogP contribution in [0.5, 0.6) is 0 Å². The van der Waals surface area contributed by atoms with Crippen LogP contribution in [-0.4, -0.2) is 44.3 Å². The van der Waals surface area contributed by atoms with Crippen molar-refractivity contribution < 1.29 is 14.7 Å². The Morgan fingerprint density at radius 2 is 2.09 bits per heavy atom. The molecule has 6 nitrogen and oxygen atoms in total. The second kappa shape index (κ2) is 7.15. The van der Waals surface area contributed by atoms with Crippen LogP contribution < -0.4 is 0 Å². The number of hydrogen-bond acceptors (Lipinski definition) is 3. The first-order valence-electron chi connectivity index (χ1n) is 8.37. The number of carbonyl (C=O) groups excluding carboxylic acids is 1. The summed E-state index contributed by atoms with van der Waals surface area (Å²) in [7, 11) is 0. The summed E-state index contributed by atoms with van der Waals surface area (Å²) in [5, 5.41) is 13.6. The van der Waals surface area contributed by atoms with Crippen LogP contribution in [0.25, 0.3) is 0 Å². The van der Waals surface area contributed by atoms with Gasteiger partial charge in [0, 0.05) is 24.8 Å². The number of carboxylic acids is 1. The van der Waals surface area contributed by atoms with E-state index in [4.69, 9.17) is 0 Å². The van der Waals surface area contributed by atoms with Crippen LogP contribution in [-0.2, 0) is 11.3 Å². The van der Waals surface area contributed by atoms with Crippen molar-refractivity contribution in [3.8, 4) is 0 Å². The molecule has 1 N–H and O–H groups in total. The molecular formula is C17H27N3O3. The normalized spacial score (nSPS) is 21.7. The van der Waals surface area contributed by atoms with E-state index in [2.05, 4.69) is 18.9 Å². The van der Waals surface area contributed by atoms with Gasteiger partial charge in [0.2, 0.25) is 0 Å². The smallest absolute Gasteiger partial charge is 0.308 e. The molecular weight excluding hydrogens is 294 g/mol. The van der Waals surface area contributed by atoms with Crippen molar-refractivity contribution in [3.63, 3.8) is 0 Å².